The van der Waals surface area contributed by atoms with Crippen molar-refractivity contribution in [3.63, 3.8) is 0 Å². The van der Waals surface area contributed by atoms with Crippen LogP contribution in [-0.2, 0) is 16.1 Å². The average Bonchev–Trinajstić information content (AvgIpc) is 3.07. The van der Waals surface area contributed by atoms with Crippen molar-refractivity contribution in [1.29, 1.82) is 0 Å². The number of thioether (sulfide) groups is 1. The second-order valence-corrected chi connectivity index (χ2v) is 8.20. The first kappa shape index (κ1) is 21.9. The van der Waals surface area contributed by atoms with Crippen molar-refractivity contribution in [2.45, 2.75) is 11.7 Å². The summed E-state index contributed by atoms with van der Waals surface area (Å²) in [7, 11) is 1.63. The number of benzene rings is 2. The van der Waals surface area contributed by atoms with Gasteiger partial charge in [0.15, 0.2) is 11.0 Å². The maximum absolute atomic E-state index is 12.3. The molecule has 0 fully saturated rings. The van der Waals surface area contributed by atoms with E-state index in [1.165, 1.54) is 11.8 Å². The lowest BCUT2D eigenvalue weighted by Crippen LogP contribution is -2.15. The Balaban J connectivity index is 1.72. The number of hydrogen-bond acceptors (Lipinski definition) is 5. The minimum atomic E-state index is -0.206. The van der Waals surface area contributed by atoms with Crippen LogP contribution in [0.1, 0.15) is 0 Å². The van der Waals surface area contributed by atoms with Crippen molar-refractivity contribution in [3.05, 3.63) is 57.5 Å². The molecule has 0 spiro atoms. The minimum absolute atomic E-state index is 0.149. The molecular formula is C19H17Cl3N4O2S. The number of amides is 1. The fourth-order valence-corrected chi connectivity index (χ4v) is 3.96. The number of carbonyl (C=O) groups is 1. The molecule has 0 saturated heterocycles. The SMILES string of the molecule is COCCn1c(SCC(=O)Nc2cc(Cl)cc(Cl)c2)nnc1-c1ccc(Cl)cc1. The first-order valence-electron chi connectivity index (χ1n) is 8.53. The number of nitrogens with zero attached hydrogens (tertiary/aromatic N) is 3. The van der Waals surface area contributed by atoms with Crippen molar-refractivity contribution >= 4 is 58.2 Å². The zero-order chi connectivity index (χ0) is 20.8. The summed E-state index contributed by atoms with van der Waals surface area (Å²) in [4.78, 5) is 12.3. The first-order valence-corrected chi connectivity index (χ1v) is 10.6. The Labute approximate surface area is 187 Å². The normalized spacial score (nSPS) is 10.9. The number of methoxy groups -OCH3 is 1. The number of ether oxygens (including phenoxy) is 1. The molecule has 0 aliphatic heterocycles. The molecule has 0 radical (unpaired) electrons. The number of anilines is 1. The van der Waals surface area contributed by atoms with Gasteiger partial charge in [0.2, 0.25) is 5.91 Å². The van der Waals surface area contributed by atoms with E-state index in [1.54, 1.807) is 37.4 Å². The van der Waals surface area contributed by atoms with Crippen molar-refractivity contribution < 1.29 is 9.53 Å². The minimum Gasteiger partial charge on any atom is -0.383 e. The number of rotatable bonds is 8. The van der Waals surface area contributed by atoms with Gasteiger partial charge < -0.3 is 10.1 Å². The van der Waals surface area contributed by atoms with Crippen LogP contribution < -0.4 is 5.32 Å². The van der Waals surface area contributed by atoms with Gasteiger partial charge in [-0.25, -0.2) is 0 Å². The van der Waals surface area contributed by atoms with Crippen LogP contribution in [0.15, 0.2) is 47.6 Å². The van der Waals surface area contributed by atoms with E-state index in [0.717, 1.165) is 5.56 Å². The molecule has 152 valence electrons. The lowest BCUT2D eigenvalue weighted by Gasteiger charge is -2.10. The molecule has 0 atom stereocenters. The first-order chi connectivity index (χ1) is 14.0. The van der Waals surface area contributed by atoms with Gasteiger partial charge in [-0.1, -0.05) is 46.6 Å². The van der Waals surface area contributed by atoms with Crippen LogP contribution in [0, 0.1) is 0 Å². The number of hydrogen-bond donors (Lipinski definition) is 1. The van der Waals surface area contributed by atoms with Gasteiger partial charge in [0.05, 0.1) is 18.9 Å². The van der Waals surface area contributed by atoms with Gasteiger partial charge in [-0.05, 0) is 42.5 Å². The quantitative estimate of drug-likeness (QED) is 0.453. The summed E-state index contributed by atoms with van der Waals surface area (Å²) in [5, 5.41) is 13.5. The Bertz CT molecular complexity index is 975. The van der Waals surface area contributed by atoms with Crippen molar-refractivity contribution in [1.82, 2.24) is 14.8 Å². The number of carbonyl (C=O) groups excluding carboxylic acids is 1. The molecule has 1 amide bonds. The van der Waals surface area contributed by atoms with Gasteiger partial charge in [-0.2, -0.15) is 0 Å². The Morgan fingerprint density at radius 2 is 1.76 bits per heavy atom. The summed E-state index contributed by atoms with van der Waals surface area (Å²) in [5.74, 6) is 0.626. The molecule has 1 aromatic heterocycles. The number of aromatic nitrogens is 3. The Kier molecular flexibility index (Phi) is 7.80. The van der Waals surface area contributed by atoms with Crippen LogP contribution in [-0.4, -0.2) is 40.1 Å². The molecule has 1 N–H and O–H groups in total. The summed E-state index contributed by atoms with van der Waals surface area (Å²) >= 11 is 19.2. The average molecular weight is 472 g/mol. The van der Waals surface area contributed by atoms with Crippen LogP contribution >= 0.6 is 46.6 Å². The van der Waals surface area contributed by atoms with Gasteiger partial charge in [-0.3, -0.25) is 9.36 Å². The van der Waals surface area contributed by atoms with Crippen LogP contribution in [0.2, 0.25) is 15.1 Å². The maximum atomic E-state index is 12.3. The monoisotopic (exact) mass is 470 g/mol. The highest BCUT2D eigenvalue weighted by Gasteiger charge is 2.16. The zero-order valence-electron chi connectivity index (χ0n) is 15.4. The summed E-state index contributed by atoms with van der Waals surface area (Å²) in [6.07, 6.45) is 0. The van der Waals surface area contributed by atoms with E-state index in [4.69, 9.17) is 39.5 Å². The molecule has 10 heteroatoms. The third-order valence-corrected chi connectivity index (χ3v) is 5.47. The predicted molar refractivity (Wildman–Crippen MR) is 118 cm³/mol. The standard InChI is InChI=1S/C19H17Cl3N4O2S/c1-28-7-6-26-18(12-2-4-13(20)5-3-12)24-25-19(26)29-11-17(27)23-16-9-14(21)8-15(22)10-16/h2-5,8-10H,6-7,11H2,1H3,(H,23,27). The van der Waals surface area contributed by atoms with Gasteiger partial charge in [-0.15, -0.1) is 10.2 Å². The Hall–Kier alpha value is -1.77. The molecule has 3 rings (SSSR count). The molecular weight excluding hydrogens is 455 g/mol. The summed E-state index contributed by atoms with van der Waals surface area (Å²) in [6.45, 7) is 1.04. The largest absolute Gasteiger partial charge is 0.383 e. The molecule has 0 bridgehead atoms. The van der Waals surface area contributed by atoms with Gasteiger partial charge in [0, 0.05) is 33.4 Å². The lowest BCUT2D eigenvalue weighted by molar-refractivity contribution is -0.113. The molecule has 29 heavy (non-hydrogen) atoms. The molecule has 3 aromatic rings. The molecule has 1 heterocycles. The predicted octanol–water partition coefficient (Wildman–Crippen LogP) is 5.28. The van der Waals surface area contributed by atoms with E-state index >= 15 is 0 Å². The van der Waals surface area contributed by atoms with E-state index < -0.39 is 0 Å². The Morgan fingerprint density at radius 3 is 2.41 bits per heavy atom. The van der Waals surface area contributed by atoms with E-state index in [2.05, 4.69) is 15.5 Å². The maximum Gasteiger partial charge on any atom is 0.234 e. The van der Waals surface area contributed by atoms with Gasteiger partial charge in [0.25, 0.3) is 0 Å². The summed E-state index contributed by atoms with van der Waals surface area (Å²) in [5.41, 5.74) is 1.42. The van der Waals surface area contributed by atoms with E-state index in [-0.39, 0.29) is 11.7 Å². The van der Waals surface area contributed by atoms with Gasteiger partial charge in [0.1, 0.15) is 0 Å². The smallest absolute Gasteiger partial charge is 0.234 e. The summed E-state index contributed by atoms with van der Waals surface area (Å²) in [6, 6.07) is 12.2. The Morgan fingerprint density at radius 1 is 1.07 bits per heavy atom. The number of nitrogens with one attached hydrogen (secondary N) is 1. The van der Waals surface area contributed by atoms with E-state index in [9.17, 15) is 4.79 Å². The molecule has 2 aromatic carbocycles. The fourth-order valence-electron chi connectivity index (χ4n) is 2.55. The van der Waals surface area contributed by atoms with Crippen molar-refractivity contribution in [2.24, 2.45) is 0 Å². The number of halogens is 3. The highest BCUT2D eigenvalue weighted by atomic mass is 35.5. The molecule has 0 aliphatic rings. The highest BCUT2D eigenvalue weighted by Crippen LogP contribution is 2.26. The molecule has 0 saturated carbocycles. The van der Waals surface area contributed by atoms with E-state index in [1.807, 2.05) is 16.7 Å². The van der Waals surface area contributed by atoms with Crippen LogP contribution in [0.3, 0.4) is 0 Å². The lowest BCUT2D eigenvalue weighted by atomic mass is 10.2. The van der Waals surface area contributed by atoms with Gasteiger partial charge >= 0.3 is 0 Å². The summed E-state index contributed by atoms with van der Waals surface area (Å²) < 4.78 is 7.11. The molecule has 6 nitrogen and oxygen atoms in total. The third kappa shape index (κ3) is 6.10. The zero-order valence-corrected chi connectivity index (χ0v) is 18.4. The highest BCUT2D eigenvalue weighted by molar-refractivity contribution is 7.99. The third-order valence-electron chi connectivity index (χ3n) is 3.82. The fraction of sp³-hybridized carbons (Fsp3) is 0.211. The van der Waals surface area contributed by atoms with Crippen LogP contribution in [0.25, 0.3) is 11.4 Å². The van der Waals surface area contributed by atoms with Crippen LogP contribution in [0.4, 0.5) is 5.69 Å². The van der Waals surface area contributed by atoms with E-state index in [0.29, 0.717) is 44.9 Å². The second kappa shape index (κ2) is 10.3. The molecule has 0 unspecified atom stereocenters. The topological polar surface area (TPSA) is 69.0 Å². The molecule has 0 aliphatic carbocycles. The van der Waals surface area contributed by atoms with Crippen molar-refractivity contribution in [2.75, 3.05) is 24.8 Å². The van der Waals surface area contributed by atoms with Crippen molar-refractivity contribution in [3.8, 4) is 11.4 Å². The second-order valence-electron chi connectivity index (χ2n) is 5.95. The van der Waals surface area contributed by atoms with Crippen LogP contribution in [0.5, 0.6) is 0 Å².